The highest BCUT2D eigenvalue weighted by Crippen LogP contribution is 2.33. The number of nitrogens with zero attached hydrogens (tertiary/aromatic N) is 2. The van der Waals surface area contributed by atoms with Gasteiger partial charge in [-0.25, -0.2) is 4.79 Å². The number of aromatic nitrogens is 2. The molecule has 0 aliphatic carbocycles. The Bertz CT molecular complexity index is 414. The van der Waals surface area contributed by atoms with E-state index >= 15 is 0 Å². The van der Waals surface area contributed by atoms with Crippen molar-refractivity contribution in [1.82, 2.24) is 9.78 Å². The summed E-state index contributed by atoms with van der Waals surface area (Å²) < 4.78 is 43.6. The Morgan fingerprint density at radius 1 is 1.65 bits per heavy atom. The van der Waals surface area contributed by atoms with Gasteiger partial charge in [-0.3, -0.25) is 4.68 Å². The molecule has 8 heteroatoms. The molecular weight excluding hydrogens is 241 g/mol. The van der Waals surface area contributed by atoms with Gasteiger partial charge in [-0.05, 0) is 6.92 Å². The summed E-state index contributed by atoms with van der Waals surface area (Å²) in [6.45, 7) is 1.46. The molecule has 0 bridgehead atoms. The molecule has 1 unspecified atom stereocenters. The Hall–Kier alpha value is -1.57. The molecule has 0 spiro atoms. The molecule has 0 aromatic carbocycles. The van der Waals surface area contributed by atoms with E-state index in [0.29, 0.717) is 10.9 Å². The number of carboxylic acids is 1. The molecule has 0 amide bonds. The van der Waals surface area contributed by atoms with Crippen molar-refractivity contribution in [2.45, 2.75) is 19.1 Å². The molecule has 1 aromatic heterocycles. The largest absolute Gasteiger partial charge is 0.478 e. The summed E-state index contributed by atoms with van der Waals surface area (Å²) in [7, 11) is 1.34. The highest BCUT2D eigenvalue weighted by Gasteiger charge is 2.41. The predicted molar refractivity (Wildman–Crippen MR) is 50.8 cm³/mol. The number of ether oxygens (including phenoxy) is 1. The molecule has 17 heavy (non-hydrogen) atoms. The Labute approximate surface area is 94.8 Å². The zero-order valence-electron chi connectivity index (χ0n) is 9.15. The number of alkyl halides is 3. The Balaban J connectivity index is 3.28. The fourth-order valence-corrected chi connectivity index (χ4v) is 1.45. The van der Waals surface area contributed by atoms with Crippen LogP contribution in [0.4, 0.5) is 13.2 Å². The maximum atomic E-state index is 12.7. The van der Waals surface area contributed by atoms with E-state index < -0.39 is 29.4 Å². The summed E-state index contributed by atoms with van der Waals surface area (Å²) in [5.41, 5.74) is -2.13. The van der Waals surface area contributed by atoms with Gasteiger partial charge in [0, 0.05) is 7.11 Å². The van der Waals surface area contributed by atoms with Crippen LogP contribution in [-0.4, -0.2) is 34.6 Å². The minimum atomic E-state index is -4.77. The minimum absolute atomic E-state index is 0.00379. The quantitative estimate of drug-likeness (QED) is 0.887. The monoisotopic (exact) mass is 252 g/mol. The minimum Gasteiger partial charge on any atom is -0.478 e. The van der Waals surface area contributed by atoms with Gasteiger partial charge in [0.05, 0.1) is 18.8 Å². The number of aromatic carboxylic acids is 1. The number of carboxylic acid groups (broad SMARTS) is 1. The standard InChI is InChI=1S/C9H11F3N2O3/c1-5(4-17-2)14-7(9(10,11)12)6(3-13-14)8(15)16/h3,5H,4H2,1-2H3,(H,15,16). The highest BCUT2D eigenvalue weighted by molar-refractivity contribution is 5.88. The molecule has 0 saturated carbocycles. The van der Waals surface area contributed by atoms with Gasteiger partial charge in [0.1, 0.15) is 5.56 Å². The Morgan fingerprint density at radius 2 is 2.24 bits per heavy atom. The second-order valence-corrected chi connectivity index (χ2v) is 3.46. The molecule has 0 aliphatic heterocycles. The number of halogens is 3. The summed E-state index contributed by atoms with van der Waals surface area (Å²) in [6.07, 6.45) is -4.08. The van der Waals surface area contributed by atoms with E-state index in [4.69, 9.17) is 9.84 Å². The maximum absolute atomic E-state index is 12.7. The molecule has 0 fully saturated rings. The average molecular weight is 252 g/mol. The maximum Gasteiger partial charge on any atom is 0.433 e. The summed E-state index contributed by atoms with van der Waals surface area (Å²) >= 11 is 0. The first-order valence-corrected chi connectivity index (χ1v) is 4.66. The molecule has 1 atom stereocenters. The van der Waals surface area contributed by atoms with Crippen LogP contribution in [0.3, 0.4) is 0 Å². The zero-order valence-corrected chi connectivity index (χ0v) is 9.15. The SMILES string of the molecule is COCC(C)n1ncc(C(=O)O)c1C(F)(F)F. The van der Waals surface area contributed by atoms with Gasteiger partial charge in [0.15, 0.2) is 5.69 Å². The van der Waals surface area contributed by atoms with Crippen LogP contribution in [0.15, 0.2) is 6.20 Å². The lowest BCUT2D eigenvalue weighted by atomic mass is 10.2. The van der Waals surface area contributed by atoms with Crippen molar-refractivity contribution in [3.05, 3.63) is 17.5 Å². The summed E-state index contributed by atoms with van der Waals surface area (Å²) in [5, 5.41) is 12.1. The number of rotatable bonds is 4. The third-order valence-corrected chi connectivity index (χ3v) is 2.12. The molecule has 96 valence electrons. The van der Waals surface area contributed by atoms with Gasteiger partial charge in [0.2, 0.25) is 0 Å². The van der Waals surface area contributed by atoms with Crippen LogP contribution in [0.25, 0.3) is 0 Å². The number of hydrogen-bond donors (Lipinski definition) is 1. The fourth-order valence-electron chi connectivity index (χ4n) is 1.45. The fraction of sp³-hybridized carbons (Fsp3) is 0.556. The first kappa shape index (κ1) is 13.5. The number of hydrogen-bond acceptors (Lipinski definition) is 3. The lowest BCUT2D eigenvalue weighted by molar-refractivity contribution is -0.145. The topological polar surface area (TPSA) is 64.4 Å². The molecule has 1 aromatic rings. The third-order valence-electron chi connectivity index (χ3n) is 2.12. The van der Waals surface area contributed by atoms with Gasteiger partial charge in [-0.2, -0.15) is 18.3 Å². The molecule has 1 heterocycles. The number of carbonyl (C=O) groups is 1. The molecule has 1 rings (SSSR count). The Kier molecular flexibility index (Phi) is 3.76. The van der Waals surface area contributed by atoms with Crippen molar-refractivity contribution in [1.29, 1.82) is 0 Å². The van der Waals surface area contributed by atoms with Crippen molar-refractivity contribution >= 4 is 5.97 Å². The van der Waals surface area contributed by atoms with Crippen LogP contribution in [0.2, 0.25) is 0 Å². The van der Waals surface area contributed by atoms with E-state index in [2.05, 4.69) is 5.10 Å². The predicted octanol–water partition coefficient (Wildman–Crippen LogP) is 1.81. The van der Waals surface area contributed by atoms with E-state index in [-0.39, 0.29) is 6.61 Å². The van der Waals surface area contributed by atoms with Crippen LogP contribution in [-0.2, 0) is 10.9 Å². The van der Waals surface area contributed by atoms with Gasteiger partial charge in [-0.15, -0.1) is 0 Å². The first-order chi connectivity index (χ1) is 7.79. The lowest BCUT2D eigenvalue weighted by Crippen LogP contribution is -2.22. The van der Waals surface area contributed by atoms with Gasteiger partial charge >= 0.3 is 12.1 Å². The van der Waals surface area contributed by atoms with Crippen molar-refractivity contribution in [2.24, 2.45) is 0 Å². The Morgan fingerprint density at radius 3 is 2.65 bits per heavy atom. The second-order valence-electron chi connectivity index (χ2n) is 3.46. The van der Waals surface area contributed by atoms with Crippen molar-refractivity contribution in [3.8, 4) is 0 Å². The second kappa shape index (κ2) is 4.74. The van der Waals surface area contributed by atoms with E-state index in [0.717, 1.165) is 0 Å². The highest BCUT2D eigenvalue weighted by atomic mass is 19.4. The van der Waals surface area contributed by atoms with E-state index in [1.165, 1.54) is 14.0 Å². The van der Waals surface area contributed by atoms with Crippen LogP contribution in [0, 0.1) is 0 Å². The van der Waals surface area contributed by atoms with E-state index in [9.17, 15) is 18.0 Å². The van der Waals surface area contributed by atoms with Gasteiger partial charge in [-0.1, -0.05) is 0 Å². The van der Waals surface area contributed by atoms with E-state index in [1.54, 1.807) is 0 Å². The van der Waals surface area contributed by atoms with Crippen LogP contribution in [0.5, 0.6) is 0 Å². The average Bonchev–Trinajstić information content (AvgIpc) is 2.61. The van der Waals surface area contributed by atoms with Gasteiger partial charge in [0.25, 0.3) is 0 Å². The summed E-state index contributed by atoms with van der Waals surface area (Å²) in [4.78, 5) is 10.7. The van der Waals surface area contributed by atoms with Crippen LogP contribution in [0.1, 0.15) is 29.0 Å². The van der Waals surface area contributed by atoms with Crippen LogP contribution < -0.4 is 0 Å². The van der Waals surface area contributed by atoms with Crippen molar-refractivity contribution in [3.63, 3.8) is 0 Å². The first-order valence-electron chi connectivity index (χ1n) is 4.66. The van der Waals surface area contributed by atoms with Crippen molar-refractivity contribution < 1.29 is 27.8 Å². The normalized spacial score (nSPS) is 13.7. The third kappa shape index (κ3) is 2.76. The van der Waals surface area contributed by atoms with Crippen molar-refractivity contribution in [2.75, 3.05) is 13.7 Å². The van der Waals surface area contributed by atoms with Gasteiger partial charge < -0.3 is 9.84 Å². The molecule has 0 saturated heterocycles. The van der Waals surface area contributed by atoms with E-state index in [1.807, 2.05) is 0 Å². The number of methoxy groups -OCH3 is 1. The zero-order chi connectivity index (χ0) is 13.2. The molecule has 0 aliphatic rings. The molecular formula is C9H11F3N2O3. The molecule has 5 nitrogen and oxygen atoms in total. The smallest absolute Gasteiger partial charge is 0.433 e. The molecule has 1 N–H and O–H groups in total. The summed E-state index contributed by atoms with van der Waals surface area (Å²) in [5.74, 6) is -1.66. The van der Waals surface area contributed by atoms with Crippen LogP contribution >= 0.6 is 0 Å². The molecule has 0 radical (unpaired) electrons. The summed E-state index contributed by atoms with van der Waals surface area (Å²) in [6, 6.07) is -0.704. The lowest BCUT2D eigenvalue weighted by Gasteiger charge is -2.16.